The molecule has 1 saturated heterocycles. The van der Waals surface area contributed by atoms with Crippen molar-refractivity contribution in [2.75, 3.05) is 18.8 Å². The second-order valence-corrected chi connectivity index (χ2v) is 9.73. The summed E-state index contributed by atoms with van der Waals surface area (Å²) in [6.07, 6.45) is 6.68. The summed E-state index contributed by atoms with van der Waals surface area (Å²) in [5.74, 6) is 0.753. The van der Waals surface area contributed by atoms with Crippen molar-refractivity contribution in [2.45, 2.75) is 76.9 Å². The molecule has 0 unspecified atom stereocenters. The number of carbonyl (C=O) groups excluding carboxylic acids is 2. The molecule has 3 rings (SSSR count). The van der Waals surface area contributed by atoms with Crippen LogP contribution in [-0.2, 0) is 16.1 Å². The molecule has 2 heterocycles. The summed E-state index contributed by atoms with van der Waals surface area (Å²) >= 11 is 1.57. The lowest BCUT2D eigenvalue weighted by atomic mass is 10.2. The van der Waals surface area contributed by atoms with Gasteiger partial charge in [-0.2, -0.15) is 0 Å². The number of carbonyl (C=O) groups is 2. The molecule has 0 bridgehead atoms. The standard InChI is InChI=1S/C24H35N3O2S/c1-18(2)27(19(3)4)24(29)17-30-22-15-26(21-12-8-7-11-20(21)22)16-23(28)25-13-9-5-6-10-14-25/h7-8,11-12,15,18-19H,5-6,9-10,13-14,16-17H2,1-4H3. The second kappa shape index (κ2) is 10.4. The zero-order chi connectivity index (χ0) is 21.7. The summed E-state index contributed by atoms with van der Waals surface area (Å²) in [7, 11) is 0. The van der Waals surface area contributed by atoms with Gasteiger partial charge in [0.05, 0.1) is 5.75 Å². The van der Waals surface area contributed by atoms with Gasteiger partial charge in [0.1, 0.15) is 6.54 Å². The van der Waals surface area contributed by atoms with E-state index in [9.17, 15) is 9.59 Å². The quantitative estimate of drug-likeness (QED) is 0.595. The number of nitrogens with zero attached hydrogens (tertiary/aromatic N) is 3. The van der Waals surface area contributed by atoms with Crippen LogP contribution in [0.1, 0.15) is 53.4 Å². The summed E-state index contributed by atoms with van der Waals surface area (Å²) in [6.45, 7) is 10.3. The maximum atomic E-state index is 12.9. The minimum Gasteiger partial charge on any atom is -0.341 e. The van der Waals surface area contributed by atoms with E-state index in [0.717, 1.165) is 41.7 Å². The van der Waals surface area contributed by atoms with Gasteiger partial charge in [-0.15, -0.1) is 11.8 Å². The summed E-state index contributed by atoms with van der Waals surface area (Å²) in [5, 5.41) is 1.11. The molecule has 0 atom stereocenters. The van der Waals surface area contributed by atoms with Gasteiger partial charge in [0, 0.05) is 47.2 Å². The molecule has 5 nitrogen and oxygen atoms in total. The number of likely N-dealkylation sites (tertiary alicyclic amines) is 1. The maximum absolute atomic E-state index is 12.9. The van der Waals surface area contributed by atoms with E-state index in [0.29, 0.717) is 12.3 Å². The SMILES string of the molecule is CC(C)N(C(=O)CSc1cn(CC(=O)N2CCCCCC2)c2ccccc12)C(C)C. The predicted octanol–water partition coefficient (Wildman–Crippen LogP) is 4.78. The molecule has 2 amide bonds. The molecule has 0 saturated carbocycles. The maximum Gasteiger partial charge on any atom is 0.242 e. The van der Waals surface area contributed by atoms with Gasteiger partial charge in [-0.3, -0.25) is 9.59 Å². The third-order valence-corrected chi connectivity index (χ3v) is 6.80. The number of hydrogen-bond acceptors (Lipinski definition) is 3. The molecule has 0 N–H and O–H groups in total. The van der Waals surface area contributed by atoms with Gasteiger partial charge in [0.25, 0.3) is 0 Å². The summed E-state index contributed by atoms with van der Waals surface area (Å²) in [6, 6.07) is 8.54. The molecular formula is C24H35N3O2S. The Morgan fingerprint density at radius 3 is 2.27 bits per heavy atom. The largest absolute Gasteiger partial charge is 0.341 e. The van der Waals surface area contributed by atoms with Gasteiger partial charge < -0.3 is 14.4 Å². The molecule has 1 aromatic carbocycles. The van der Waals surface area contributed by atoms with Gasteiger partial charge in [0.15, 0.2) is 0 Å². The zero-order valence-electron chi connectivity index (χ0n) is 18.8. The van der Waals surface area contributed by atoms with Crippen LogP contribution in [0, 0.1) is 0 Å². The fourth-order valence-corrected chi connectivity index (χ4v) is 5.37. The molecule has 0 radical (unpaired) electrons. The van der Waals surface area contributed by atoms with Crippen molar-refractivity contribution in [1.29, 1.82) is 0 Å². The van der Waals surface area contributed by atoms with E-state index in [2.05, 4.69) is 44.4 Å². The minimum absolute atomic E-state index is 0.155. The Morgan fingerprint density at radius 2 is 1.63 bits per heavy atom. The first-order valence-corrected chi connectivity index (χ1v) is 12.2. The van der Waals surface area contributed by atoms with Crippen molar-refractivity contribution in [1.82, 2.24) is 14.4 Å². The van der Waals surface area contributed by atoms with Crippen molar-refractivity contribution in [3.8, 4) is 0 Å². The van der Waals surface area contributed by atoms with Crippen molar-refractivity contribution < 1.29 is 9.59 Å². The third-order valence-electron chi connectivity index (χ3n) is 5.77. The summed E-state index contributed by atoms with van der Waals surface area (Å²) in [5.41, 5.74) is 1.06. The van der Waals surface area contributed by atoms with Crippen molar-refractivity contribution >= 4 is 34.5 Å². The van der Waals surface area contributed by atoms with Gasteiger partial charge in [-0.25, -0.2) is 0 Å². The van der Waals surface area contributed by atoms with E-state index in [-0.39, 0.29) is 23.9 Å². The average Bonchev–Trinajstić information content (AvgIpc) is 2.86. The minimum atomic E-state index is 0.155. The molecule has 0 spiro atoms. The van der Waals surface area contributed by atoms with Crippen LogP contribution in [0.3, 0.4) is 0 Å². The molecule has 164 valence electrons. The first kappa shape index (κ1) is 22.7. The lowest BCUT2D eigenvalue weighted by Crippen LogP contribution is -2.43. The van der Waals surface area contributed by atoms with Crippen molar-refractivity contribution in [2.24, 2.45) is 0 Å². The Labute approximate surface area is 184 Å². The van der Waals surface area contributed by atoms with E-state index < -0.39 is 0 Å². The van der Waals surface area contributed by atoms with Crippen LogP contribution >= 0.6 is 11.8 Å². The summed E-state index contributed by atoms with van der Waals surface area (Å²) < 4.78 is 2.05. The van der Waals surface area contributed by atoms with Crippen molar-refractivity contribution in [3.05, 3.63) is 30.5 Å². The Morgan fingerprint density at radius 1 is 1.00 bits per heavy atom. The highest BCUT2D eigenvalue weighted by atomic mass is 32.2. The number of amides is 2. The number of benzene rings is 1. The molecule has 1 aliphatic heterocycles. The van der Waals surface area contributed by atoms with E-state index in [4.69, 9.17) is 0 Å². The molecule has 0 aliphatic carbocycles. The molecule has 2 aromatic rings. The first-order valence-electron chi connectivity index (χ1n) is 11.2. The Hall–Kier alpha value is -1.95. The molecule has 30 heavy (non-hydrogen) atoms. The van der Waals surface area contributed by atoms with Crippen LogP contribution in [-0.4, -0.2) is 57.1 Å². The molecular weight excluding hydrogens is 394 g/mol. The highest BCUT2D eigenvalue weighted by Gasteiger charge is 2.22. The summed E-state index contributed by atoms with van der Waals surface area (Å²) in [4.78, 5) is 30.7. The van der Waals surface area contributed by atoms with Gasteiger partial charge in [-0.1, -0.05) is 31.0 Å². The second-order valence-electron chi connectivity index (χ2n) is 8.71. The van der Waals surface area contributed by atoms with Crippen LogP contribution in [0.25, 0.3) is 10.9 Å². The van der Waals surface area contributed by atoms with E-state index in [1.807, 2.05) is 28.1 Å². The first-order chi connectivity index (χ1) is 14.4. The number of hydrogen-bond donors (Lipinski definition) is 0. The van der Waals surface area contributed by atoms with Gasteiger partial charge in [-0.05, 0) is 46.6 Å². The fraction of sp³-hybridized carbons (Fsp3) is 0.583. The third kappa shape index (κ3) is 5.39. The monoisotopic (exact) mass is 429 g/mol. The van der Waals surface area contributed by atoms with Crippen molar-refractivity contribution in [3.63, 3.8) is 0 Å². The number of fused-ring (bicyclic) bond motifs is 1. The lowest BCUT2D eigenvalue weighted by molar-refractivity contribution is -0.132. The zero-order valence-corrected chi connectivity index (χ0v) is 19.6. The smallest absolute Gasteiger partial charge is 0.242 e. The lowest BCUT2D eigenvalue weighted by Gasteiger charge is -2.30. The highest BCUT2D eigenvalue weighted by Crippen LogP contribution is 2.30. The molecule has 1 fully saturated rings. The fourth-order valence-electron chi connectivity index (χ4n) is 4.41. The number of aromatic nitrogens is 1. The normalized spacial score (nSPS) is 15.1. The number of rotatable bonds is 7. The van der Waals surface area contributed by atoms with E-state index in [1.54, 1.807) is 11.8 Å². The van der Waals surface area contributed by atoms with E-state index >= 15 is 0 Å². The predicted molar refractivity (Wildman–Crippen MR) is 125 cm³/mol. The van der Waals surface area contributed by atoms with Gasteiger partial charge in [0.2, 0.25) is 11.8 Å². The van der Waals surface area contributed by atoms with Crippen LogP contribution in [0.4, 0.5) is 0 Å². The molecule has 1 aromatic heterocycles. The Bertz CT molecular complexity index is 858. The number of thioether (sulfide) groups is 1. The topological polar surface area (TPSA) is 45.6 Å². The van der Waals surface area contributed by atoms with Crippen LogP contribution in [0.2, 0.25) is 0 Å². The van der Waals surface area contributed by atoms with Gasteiger partial charge >= 0.3 is 0 Å². The highest BCUT2D eigenvalue weighted by molar-refractivity contribution is 8.00. The van der Waals surface area contributed by atoms with E-state index in [1.165, 1.54) is 12.8 Å². The van der Waals surface area contributed by atoms with Crippen LogP contribution in [0.5, 0.6) is 0 Å². The van der Waals surface area contributed by atoms with Crippen LogP contribution in [0.15, 0.2) is 35.4 Å². The molecule has 1 aliphatic rings. The van der Waals surface area contributed by atoms with Crippen LogP contribution < -0.4 is 0 Å². The average molecular weight is 430 g/mol. The molecule has 6 heteroatoms. The Kier molecular flexibility index (Phi) is 7.87. The Balaban J connectivity index is 1.75. The number of para-hydroxylation sites is 1.